The number of thiol groups is 1. The van der Waals surface area contributed by atoms with Crippen molar-refractivity contribution in [3.63, 3.8) is 0 Å². The Kier molecular flexibility index (Phi) is 3.58. The maximum atomic E-state index is 9.14. The van der Waals surface area contributed by atoms with Gasteiger partial charge in [0.15, 0.2) is 0 Å². The van der Waals surface area contributed by atoms with Crippen molar-refractivity contribution in [1.82, 2.24) is 0 Å². The van der Waals surface area contributed by atoms with Gasteiger partial charge in [0.25, 0.3) is 0 Å². The van der Waals surface area contributed by atoms with E-state index in [-0.39, 0.29) is 0 Å². The number of hydrogen-bond acceptors (Lipinski definition) is 2. The lowest BCUT2D eigenvalue weighted by Crippen LogP contribution is -1.48. The fourth-order valence-electron chi connectivity index (χ4n) is 0.0304. The highest BCUT2D eigenvalue weighted by Crippen LogP contribution is 1.68. The minimum absolute atomic E-state index is 1.18. The summed E-state index contributed by atoms with van der Waals surface area (Å²) in [6, 6.07) is 0. The Balaban J connectivity index is 2.92. The molecule has 0 aromatic carbocycles. The highest BCUT2D eigenvalue weighted by molar-refractivity contribution is 7.83. The van der Waals surface area contributed by atoms with E-state index in [1.807, 2.05) is 0 Å². The Morgan fingerprint density at radius 2 is 2.40 bits per heavy atom. The van der Waals surface area contributed by atoms with Gasteiger partial charge >= 0.3 is 0 Å². The molecule has 0 fully saturated rings. The lowest BCUT2D eigenvalue weighted by atomic mass is 10.7. The van der Waals surface area contributed by atoms with Crippen LogP contribution in [0, 0.1) is 0 Å². The summed E-state index contributed by atoms with van der Waals surface area (Å²) in [6.07, 6.45) is 2.69. The minimum atomic E-state index is 1.18. The fraction of sp³-hybridized carbons (Fsp3) is 0. The van der Waals surface area contributed by atoms with Gasteiger partial charge in [0.1, 0.15) is 0 Å². The molecule has 0 amide bonds. The maximum Gasteiger partial charge on any atom is 0.226 e. The molecule has 0 aliphatic heterocycles. The molecular weight excluding hydrogens is 84.1 g/mol. The van der Waals surface area contributed by atoms with Crippen LogP contribution in [0.25, 0.3) is 0 Å². The molecule has 27 valence electrons. The number of carbonyl (C=O) groups excluding carboxylic acids is 1. The Bertz CT molecular complexity index is 48.9. The summed E-state index contributed by atoms with van der Waals surface area (Å²) in [5.74, 6) is 0. The molecule has 0 aromatic rings. The third-order valence-corrected chi connectivity index (χ3v) is 0.292. The summed E-state index contributed by atoms with van der Waals surface area (Å²) in [6.45, 7) is 0. The van der Waals surface area contributed by atoms with Crippen LogP contribution in [0.5, 0.6) is 0 Å². The molecule has 0 saturated heterocycles. The molecule has 0 spiro atoms. The van der Waals surface area contributed by atoms with E-state index in [1.165, 1.54) is 17.8 Å². The highest BCUT2D eigenvalue weighted by Gasteiger charge is 1.52. The molecule has 1 nitrogen and oxygen atoms in total. The standard InChI is InChI=1S/C3H3OS/c4-2-1-3-5/h1,3,5H. The van der Waals surface area contributed by atoms with Crippen LogP contribution in [0.2, 0.25) is 0 Å². The molecule has 1 radical (unpaired) electrons. The van der Waals surface area contributed by atoms with E-state index in [1.54, 1.807) is 0 Å². The van der Waals surface area contributed by atoms with Crippen LogP contribution in [0.3, 0.4) is 0 Å². The number of rotatable bonds is 1. The van der Waals surface area contributed by atoms with Gasteiger partial charge in [-0.2, -0.15) is 12.6 Å². The van der Waals surface area contributed by atoms with Gasteiger partial charge < -0.3 is 0 Å². The Morgan fingerprint density at radius 1 is 1.80 bits per heavy atom. The summed E-state index contributed by atoms with van der Waals surface area (Å²) < 4.78 is 0. The second-order valence-corrected chi connectivity index (χ2v) is 0.732. The zero-order valence-corrected chi connectivity index (χ0v) is 3.40. The number of allylic oxidation sites excluding steroid dienone is 1. The summed E-state index contributed by atoms with van der Waals surface area (Å²) in [5.41, 5.74) is 0. The van der Waals surface area contributed by atoms with E-state index < -0.39 is 0 Å². The molecule has 0 heterocycles. The summed E-state index contributed by atoms with van der Waals surface area (Å²) >= 11 is 3.56. The van der Waals surface area contributed by atoms with Crippen LogP contribution in [0.1, 0.15) is 0 Å². The molecular formula is C3H3OS. The lowest BCUT2D eigenvalue weighted by Gasteiger charge is -1.48. The zero-order chi connectivity index (χ0) is 4.12. The van der Waals surface area contributed by atoms with E-state index in [2.05, 4.69) is 12.6 Å². The molecule has 0 unspecified atom stereocenters. The van der Waals surface area contributed by atoms with Gasteiger partial charge in [0.2, 0.25) is 6.29 Å². The second kappa shape index (κ2) is 3.76. The molecule has 0 aromatic heterocycles. The van der Waals surface area contributed by atoms with Crippen molar-refractivity contribution in [2.24, 2.45) is 0 Å². The number of hydrogen-bond donors (Lipinski definition) is 1. The van der Waals surface area contributed by atoms with Crippen molar-refractivity contribution >= 4 is 18.9 Å². The van der Waals surface area contributed by atoms with Crippen molar-refractivity contribution < 1.29 is 4.79 Å². The smallest absolute Gasteiger partial charge is 0.226 e. The van der Waals surface area contributed by atoms with Crippen LogP contribution in [0.15, 0.2) is 11.5 Å². The van der Waals surface area contributed by atoms with Crippen molar-refractivity contribution in [1.29, 1.82) is 0 Å². The second-order valence-electron chi connectivity index (χ2n) is 0.434. The van der Waals surface area contributed by atoms with E-state index in [0.29, 0.717) is 0 Å². The van der Waals surface area contributed by atoms with E-state index in [4.69, 9.17) is 4.79 Å². The molecule has 2 heteroatoms. The Hall–Kier alpha value is -0.240. The average Bonchev–Trinajstić information content (AvgIpc) is 1.41. The largest absolute Gasteiger partial charge is 0.286 e. The summed E-state index contributed by atoms with van der Waals surface area (Å²) in [5, 5.41) is 1.33. The molecule has 0 N–H and O–H groups in total. The van der Waals surface area contributed by atoms with Crippen LogP contribution < -0.4 is 0 Å². The van der Waals surface area contributed by atoms with E-state index >= 15 is 0 Å². The average molecular weight is 87.1 g/mol. The minimum Gasteiger partial charge on any atom is -0.286 e. The third kappa shape index (κ3) is 3.76. The predicted molar refractivity (Wildman–Crippen MR) is 23.8 cm³/mol. The van der Waals surface area contributed by atoms with Gasteiger partial charge in [-0.1, -0.05) is 0 Å². The van der Waals surface area contributed by atoms with Crippen molar-refractivity contribution in [2.75, 3.05) is 0 Å². The van der Waals surface area contributed by atoms with Crippen LogP contribution >= 0.6 is 12.6 Å². The van der Waals surface area contributed by atoms with Crippen LogP contribution in [0.4, 0.5) is 0 Å². The molecule has 0 aliphatic rings. The van der Waals surface area contributed by atoms with Crippen LogP contribution in [-0.4, -0.2) is 6.29 Å². The first kappa shape index (κ1) is 4.76. The monoisotopic (exact) mass is 87.0 g/mol. The van der Waals surface area contributed by atoms with Crippen LogP contribution in [-0.2, 0) is 4.79 Å². The first-order valence-electron chi connectivity index (χ1n) is 1.08. The van der Waals surface area contributed by atoms with Crippen molar-refractivity contribution in [3.05, 3.63) is 11.5 Å². The predicted octanol–water partition coefficient (Wildman–Crippen LogP) is 0.540. The molecule has 0 bridgehead atoms. The fourth-order valence-corrected chi connectivity index (χ4v) is 0.0913. The summed E-state index contributed by atoms with van der Waals surface area (Å²) in [7, 11) is 0. The Morgan fingerprint density at radius 3 is 2.40 bits per heavy atom. The SMILES string of the molecule is O=[C]C=CS. The maximum absolute atomic E-state index is 9.14. The quantitative estimate of drug-likeness (QED) is 0.365. The zero-order valence-electron chi connectivity index (χ0n) is 2.51. The lowest BCUT2D eigenvalue weighted by molar-refractivity contribution is 0.564. The first-order chi connectivity index (χ1) is 2.41. The third-order valence-electron chi connectivity index (χ3n) is 0.143. The van der Waals surface area contributed by atoms with E-state index in [0.717, 1.165) is 0 Å². The van der Waals surface area contributed by atoms with Gasteiger partial charge in [-0.05, 0) is 11.5 Å². The first-order valence-corrected chi connectivity index (χ1v) is 1.60. The van der Waals surface area contributed by atoms with Gasteiger partial charge in [-0.25, -0.2) is 0 Å². The van der Waals surface area contributed by atoms with Gasteiger partial charge in [0, 0.05) is 0 Å². The molecule has 0 aliphatic carbocycles. The molecule has 0 atom stereocenters. The Labute approximate surface area is 36.1 Å². The topological polar surface area (TPSA) is 17.1 Å². The summed E-state index contributed by atoms with van der Waals surface area (Å²) in [4.78, 5) is 9.14. The highest BCUT2D eigenvalue weighted by atomic mass is 32.1. The van der Waals surface area contributed by atoms with Crippen molar-refractivity contribution in [2.45, 2.75) is 0 Å². The van der Waals surface area contributed by atoms with Gasteiger partial charge in [-0.3, -0.25) is 4.79 Å². The van der Waals surface area contributed by atoms with E-state index in [9.17, 15) is 0 Å². The van der Waals surface area contributed by atoms with Gasteiger partial charge in [-0.15, -0.1) is 0 Å². The molecule has 0 saturated carbocycles. The normalized spacial score (nSPS) is 9.00. The van der Waals surface area contributed by atoms with Crippen molar-refractivity contribution in [3.8, 4) is 0 Å². The molecule has 5 heavy (non-hydrogen) atoms. The van der Waals surface area contributed by atoms with Gasteiger partial charge in [0.05, 0.1) is 0 Å². The molecule has 0 rings (SSSR count).